The molecule has 1 fully saturated rings. The summed E-state index contributed by atoms with van der Waals surface area (Å²) in [7, 11) is 0. The molecule has 1 N–H and O–H groups in total. The van der Waals surface area contributed by atoms with Gasteiger partial charge >= 0.3 is 0 Å². The minimum atomic E-state index is -0.594. The zero-order valence-corrected chi connectivity index (χ0v) is 11.6. The van der Waals surface area contributed by atoms with Crippen LogP contribution in [0.15, 0.2) is 18.3 Å². The minimum Gasteiger partial charge on any atom is -0.387 e. The number of hydrogen-bond acceptors (Lipinski definition) is 3. The molecule has 0 aliphatic heterocycles. The second-order valence-electron chi connectivity index (χ2n) is 5.33. The highest BCUT2D eigenvalue weighted by Gasteiger charge is 2.28. The third-order valence-electron chi connectivity index (χ3n) is 3.64. The fourth-order valence-electron chi connectivity index (χ4n) is 2.30. The zero-order chi connectivity index (χ0) is 13.7. The maximum atomic E-state index is 12.8. The summed E-state index contributed by atoms with van der Waals surface area (Å²) >= 11 is 0. The van der Waals surface area contributed by atoms with Crippen LogP contribution in [0.25, 0.3) is 0 Å². The number of unbranched alkanes of at least 4 members (excludes halogenated alkanes) is 1. The standard InChI is InChI=1S/C15H23FN2O/c1-2-3-9-18(13-5-6-13)10-8-15(19)14-7-4-12(16)11-17-14/h4,7,11,13,15,19H,2-3,5-6,8-10H2,1H3. The first-order chi connectivity index (χ1) is 9.20. The molecule has 1 heterocycles. The summed E-state index contributed by atoms with van der Waals surface area (Å²) in [6.07, 6.45) is 6.21. The Hall–Kier alpha value is -1.00. The summed E-state index contributed by atoms with van der Waals surface area (Å²) in [6, 6.07) is 3.63. The van der Waals surface area contributed by atoms with Gasteiger partial charge in [-0.05, 0) is 44.4 Å². The highest BCUT2D eigenvalue weighted by Crippen LogP contribution is 2.28. The third kappa shape index (κ3) is 4.55. The molecule has 106 valence electrons. The van der Waals surface area contributed by atoms with Crippen molar-refractivity contribution < 1.29 is 9.50 Å². The number of aromatic nitrogens is 1. The Morgan fingerprint density at radius 1 is 1.42 bits per heavy atom. The van der Waals surface area contributed by atoms with Gasteiger partial charge in [0.25, 0.3) is 0 Å². The van der Waals surface area contributed by atoms with Gasteiger partial charge in [0, 0.05) is 12.6 Å². The lowest BCUT2D eigenvalue weighted by Crippen LogP contribution is -2.29. The molecule has 0 saturated heterocycles. The van der Waals surface area contributed by atoms with Gasteiger partial charge in [0.05, 0.1) is 18.0 Å². The average Bonchev–Trinajstić information content (AvgIpc) is 3.24. The van der Waals surface area contributed by atoms with E-state index in [1.807, 2.05) is 0 Å². The van der Waals surface area contributed by atoms with Gasteiger partial charge in [0.15, 0.2) is 0 Å². The van der Waals surface area contributed by atoms with Crippen LogP contribution in [0.2, 0.25) is 0 Å². The summed E-state index contributed by atoms with van der Waals surface area (Å²) in [6.45, 7) is 4.21. The van der Waals surface area contributed by atoms with Crippen LogP contribution in [0.4, 0.5) is 4.39 Å². The highest BCUT2D eigenvalue weighted by molar-refractivity contribution is 5.08. The molecule has 1 aliphatic carbocycles. The van der Waals surface area contributed by atoms with Gasteiger partial charge in [-0.3, -0.25) is 4.98 Å². The molecule has 1 atom stereocenters. The molecule has 4 heteroatoms. The van der Waals surface area contributed by atoms with Gasteiger partial charge in [-0.15, -0.1) is 0 Å². The smallest absolute Gasteiger partial charge is 0.141 e. The van der Waals surface area contributed by atoms with Crippen LogP contribution >= 0.6 is 0 Å². The maximum absolute atomic E-state index is 12.8. The van der Waals surface area contributed by atoms with Crippen molar-refractivity contribution in [1.29, 1.82) is 0 Å². The number of pyridine rings is 1. The lowest BCUT2D eigenvalue weighted by molar-refractivity contribution is 0.135. The Bertz CT molecular complexity index is 378. The molecule has 2 rings (SSSR count). The maximum Gasteiger partial charge on any atom is 0.141 e. The Balaban J connectivity index is 1.80. The van der Waals surface area contributed by atoms with Crippen LogP contribution in [0.5, 0.6) is 0 Å². The molecule has 0 bridgehead atoms. The Kier molecular flexibility index (Phi) is 5.28. The van der Waals surface area contributed by atoms with Crippen LogP contribution in [-0.4, -0.2) is 34.1 Å². The van der Waals surface area contributed by atoms with E-state index in [1.54, 1.807) is 6.07 Å². The van der Waals surface area contributed by atoms with E-state index in [0.29, 0.717) is 12.1 Å². The Labute approximate surface area is 114 Å². The normalized spacial score (nSPS) is 16.8. The summed E-state index contributed by atoms with van der Waals surface area (Å²) < 4.78 is 12.8. The first kappa shape index (κ1) is 14.4. The predicted molar refractivity (Wildman–Crippen MR) is 73.3 cm³/mol. The van der Waals surface area contributed by atoms with Gasteiger partial charge in [-0.25, -0.2) is 4.39 Å². The topological polar surface area (TPSA) is 36.4 Å². The van der Waals surface area contributed by atoms with Crippen LogP contribution < -0.4 is 0 Å². The predicted octanol–water partition coefficient (Wildman–Crippen LogP) is 2.91. The van der Waals surface area contributed by atoms with Crippen LogP contribution in [-0.2, 0) is 0 Å². The van der Waals surface area contributed by atoms with Gasteiger partial charge in [0.2, 0.25) is 0 Å². The van der Waals surface area contributed by atoms with Gasteiger partial charge in [-0.1, -0.05) is 13.3 Å². The fraction of sp³-hybridized carbons (Fsp3) is 0.667. The number of aliphatic hydroxyl groups is 1. The van der Waals surface area contributed by atoms with Gasteiger partial charge in [-0.2, -0.15) is 0 Å². The monoisotopic (exact) mass is 266 g/mol. The van der Waals surface area contributed by atoms with E-state index < -0.39 is 6.10 Å². The van der Waals surface area contributed by atoms with Crippen molar-refractivity contribution in [3.8, 4) is 0 Å². The summed E-state index contributed by atoms with van der Waals surface area (Å²) in [5.41, 5.74) is 0.563. The second-order valence-corrected chi connectivity index (χ2v) is 5.33. The van der Waals surface area contributed by atoms with Crippen molar-refractivity contribution >= 4 is 0 Å². The molecule has 3 nitrogen and oxygen atoms in total. The van der Waals surface area contributed by atoms with Crippen molar-refractivity contribution in [2.45, 2.75) is 51.2 Å². The number of nitrogens with zero attached hydrogens (tertiary/aromatic N) is 2. The van der Waals surface area contributed by atoms with Crippen LogP contribution in [0.1, 0.15) is 50.8 Å². The van der Waals surface area contributed by atoms with E-state index in [0.717, 1.165) is 25.3 Å². The van der Waals surface area contributed by atoms with E-state index in [1.165, 1.54) is 31.7 Å². The third-order valence-corrected chi connectivity index (χ3v) is 3.64. The average molecular weight is 266 g/mol. The molecule has 0 amide bonds. The first-order valence-corrected chi connectivity index (χ1v) is 7.24. The summed E-state index contributed by atoms with van der Waals surface area (Å²) in [5.74, 6) is -0.362. The quantitative estimate of drug-likeness (QED) is 0.786. The Morgan fingerprint density at radius 3 is 2.79 bits per heavy atom. The first-order valence-electron chi connectivity index (χ1n) is 7.24. The molecule has 19 heavy (non-hydrogen) atoms. The summed E-state index contributed by atoms with van der Waals surface area (Å²) in [5, 5.41) is 10.1. The van der Waals surface area contributed by atoms with Crippen molar-refractivity contribution in [2.75, 3.05) is 13.1 Å². The highest BCUT2D eigenvalue weighted by atomic mass is 19.1. The molecule has 1 aromatic rings. The van der Waals surface area contributed by atoms with E-state index in [4.69, 9.17) is 0 Å². The molecule has 1 saturated carbocycles. The molecule has 0 radical (unpaired) electrons. The van der Waals surface area contributed by atoms with Gasteiger partial charge < -0.3 is 10.0 Å². The number of rotatable bonds is 8. The minimum absolute atomic E-state index is 0.362. The van der Waals surface area contributed by atoms with Crippen molar-refractivity contribution in [3.05, 3.63) is 29.8 Å². The van der Waals surface area contributed by atoms with E-state index >= 15 is 0 Å². The molecule has 1 aromatic heterocycles. The van der Waals surface area contributed by atoms with E-state index in [-0.39, 0.29) is 5.82 Å². The van der Waals surface area contributed by atoms with Crippen molar-refractivity contribution in [2.24, 2.45) is 0 Å². The summed E-state index contributed by atoms with van der Waals surface area (Å²) in [4.78, 5) is 6.40. The zero-order valence-electron chi connectivity index (χ0n) is 11.6. The van der Waals surface area contributed by atoms with E-state index in [9.17, 15) is 9.50 Å². The number of hydrogen-bond donors (Lipinski definition) is 1. The lowest BCUT2D eigenvalue weighted by Gasteiger charge is -2.23. The largest absolute Gasteiger partial charge is 0.387 e. The molecular formula is C15H23FN2O. The van der Waals surface area contributed by atoms with Crippen molar-refractivity contribution in [3.63, 3.8) is 0 Å². The molecule has 0 aromatic carbocycles. The molecule has 1 unspecified atom stereocenters. The molecular weight excluding hydrogens is 243 g/mol. The number of halogens is 1. The second kappa shape index (κ2) is 6.96. The lowest BCUT2D eigenvalue weighted by atomic mass is 10.1. The van der Waals surface area contributed by atoms with Crippen LogP contribution in [0, 0.1) is 5.82 Å². The van der Waals surface area contributed by atoms with Crippen LogP contribution in [0.3, 0.4) is 0 Å². The van der Waals surface area contributed by atoms with Crippen molar-refractivity contribution in [1.82, 2.24) is 9.88 Å². The fourth-order valence-corrected chi connectivity index (χ4v) is 2.30. The molecule has 0 spiro atoms. The van der Waals surface area contributed by atoms with E-state index in [2.05, 4.69) is 16.8 Å². The van der Waals surface area contributed by atoms with Gasteiger partial charge in [0.1, 0.15) is 5.82 Å². The molecule has 1 aliphatic rings. The Morgan fingerprint density at radius 2 is 2.21 bits per heavy atom. The number of aliphatic hydroxyl groups excluding tert-OH is 1. The SMILES string of the molecule is CCCCN(CCC(O)c1ccc(F)cn1)C1CC1.